The summed E-state index contributed by atoms with van der Waals surface area (Å²) in [7, 11) is 0. The molecule has 0 saturated carbocycles. The Hall–Kier alpha value is -4.89. The zero-order chi connectivity index (χ0) is 36.8. The Labute approximate surface area is 298 Å². The van der Waals surface area contributed by atoms with E-state index >= 15 is 0 Å². The molecule has 0 aliphatic heterocycles. The maximum absolute atomic E-state index is 13.5. The zero-order valence-electron chi connectivity index (χ0n) is 28.0. The number of nitrogens with one attached hydrogen (secondary N) is 3. The molecule has 0 bridgehead atoms. The monoisotopic (exact) mass is 729 g/mol. The van der Waals surface area contributed by atoms with Crippen molar-refractivity contribution in [2.24, 2.45) is 0 Å². The number of hydrogen-bond acceptors (Lipinski definition) is 9. The van der Waals surface area contributed by atoms with Gasteiger partial charge in [0.15, 0.2) is 10.9 Å². The number of aromatic nitrogens is 1. The average molecular weight is 730 g/mol. The van der Waals surface area contributed by atoms with Gasteiger partial charge in [-0.05, 0) is 61.4 Å². The van der Waals surface area contributed by atoms with Crippen molar-refractivity contribution in [3.63, 3.8) is 0 Å². The molecule has 0 aliphatic rings. The number of unbranched alkanes of at least 4 members (excludes halogenated alkanes) is 3. The van der Waals surface area contributed by atoms with Gasteiger partial charge in [0.2, 0.25) is 17.7 Å². The topological polar surface area (TPSA) is 193 Å². The summed E-state index contributed by atoms with van der Waals surface area (Å²) in [6, 6.07) is 11.1. The van der Waals surface area contributed by atoms with Crippen molar-refractivity contribution in [1.82, 2.24) is 25.6 Å². The molecule has 0 unspecified atom stereocenters. The Balaban J connectivity index is 1.73. The Kier molecular flexibility index (Phi) is 15.3. The number of nitrogens with zero attached hydrogens (tertiary/aromatic N) is 2. The van der Waals surface area contributed by atoms with Crippen LogP contribution in [0, 0.1) is 6.92 Å². The quantitative estimate of drug-likeness (QED) is 0.112. The van der Waals surface area contributed by atoms with Crippen LogP contribution in [0.4, 0.5) is 0 Å². The third kappa shape index (κ3) is 11.9. The van der Waals surface area contributed by atoms with Crippen LogP contribution in [0.5, 0.6) is 5.75 Å². The summed E-state index contributed by atoms with van der Waals surface area (Å²) < 4.78 is 1.43. The molecule has 4 N–H and O–H groups in total. The molecule has 3 aromatic rings. The molecule has 16 heteroatoms. The Morgan fingerprint density at radius 3 is 2.14 bits per heavy atom. The molecule has 0 spiro atoms. The fraction of sp³-hybridized carbons (Fsp3) is 0.382. The molecule has 14 nitrogen and oxygen atoms in total. The van der Waals surface area contributed by atoms with E-state index in [-0.39, 0.29) is 42.0 Å². The number of benzene rings is 2. The highest BCUT2D eigenvalue weighted by Gasteiger charge is 2.23. The van der Waals surface area contributed by atoms with Crippen LogP contribution in [0.3, 0.4) is 0 Å². The number of aliphatic carboxylic acids is 1. The first kappa shape index (κ1) is 39.5. The molecule has 0 radical (unpaired) electrons. The second-order valence-electron chi connectivity index (χ2n) is 11.2. The normalized spacial score (nSPS) is 10.7. The maximum atomic E-state index is 13.5. The van der Waals surface area contributed by atoms with E-state index in [0.717, 1.165) is 36.1 Å². The van der Waals surface area contributed by atoms with E-state index in [9.17, 15) is 38.7 Å². The second-order valence-corrected chi connectivity index (χ2v) is 12.8. The number of fused-ring (bicyclic) bond motifs is 1. The second kappa shape index (κ2) is 19.3. The number of carbonyl (C=O) groups excluding carboxylic acids is 6. The molecular weight excluding hydrogens is 690 g/mol. The maximum Gasteiger partial charge on any atom is 0.307 e. The van der Waals surface area contributed by atoms with Gasteiger partial charge in [-0.3, -0.25) is 38.1 Å². The third-order valence-electron chi connectivity index (χ3n) is 7.37. The van der Waals surface area contributed by atoms with Crippen LogP contribution in [0.15, 0.2) is 42.5 Å². The standard InChI is InChI=1S/C34H40ClN5O9S/c1-4-5-6-7-14-39(32(45)19-38-30(43)17-36-29(42)18-37-31(44)20-50-22(3)41)49-25-12-13-28-27(15-25)26(16-33(46)47)21(2)40(28)34(48)23-8-10-24(35)11-9-23/h8-13,15H,4-7,14,16-20H2,1-3H3,(H,36,42)(H,37,44)(H,38,43)(H,46,47). The highest BCUT2D eigenvalue weighted by Crippen LogP contribution is 2.31. The summed E-state index contributed by atoms with van der Waals surface area (Å²) in [4.78, 5) is 91.6. The molecule has 0 atom stereocenters. The number of halogens is 1. The average Bonchev–Trinajstić information content (AvgIpc) is 3.34. The van der Waals surface area contributed by atoms with Crippen molar-refractivity contribution < 1.29 is 43.5 Å². The van der Waals surface area contributed by atoms with Crippen molar-refractivity contribution in [3.05, 3.63) is 64.3 Å². The number of carboxylic acids is 1. The Morgan fingerprint density at radius 1 is 0.880 bits per heavy atom. The first-order chi connectivity index (χ1) is 23.8. The summed E-state index contributed by atoms with van der Waals surface area (Å²) in [5.41, 5.74) is 1.66. The molecule has 1 aromatic heterocycles. The number of carboxylic acid groups (broad SMARTS) is 1. The van der Waals surface area contributed by atoms with Crippen LogP contribution in [0.2, 0.25) is 5.02 Å². The van der Waals surface area contributed by atoms with Crippen molar-refractivity contribution in [3.8, 4) is 5.75 Å². The van der Waals surface area contributed by atoms with Gasteiger partial charge in [0.05, 0.1) is 43.9 Å². The minimum Gasteiger partial charge on any atom is -0.481 e. The Bertz CT molecular complexity index is 1740. The number of amides is 4. The fourth-order valence-electron chi connectivity index (χ4n) is 4.87. The summed E-state index contributed by atoms with van der Waals surface area (Å²) in [6.45, 7) is 3.94. The van der Waals surface area contributed by atoms with E-state index < -0.39 is 42.7 Å². The minimum atomic E-state index is -1.09. The number of rotatable bonds is 18. The predicted octanol–water partition coefficient (Wildman–Crippen LogP) is 3.25. The first-order valence-corrected chi connectivity index (χ1v) is 17.2. The van der Waals surface area contributed by atoms with Crippen LogP contribution in [-0.2, 0) is 35.2 Å². The van der Waals surface area contributed by atoms with Gasteiger partial charge >= 0.3 is 5.97 Å². The highest BCUT2D eigenvalue weighted by atomic mass is 35.5. The van der Waals surface area contributed by atoms with E-state index in [1.54, 1.807) is 49.4 Å². The van der Waals surface area contributed by atoms with Crippen LogP contribution < -0.4 is 20.8 Å². The minimum absolute atomic E-state index is 0.129. The summed E-state index contributed by atoms with van der Waals surface area (Å²) in [5.74, 6) is -3.75. The number of carbonyl (C=O) groups is 7. The third-order valence-corrected chi connectivity index (χ3v) is 8.44. The van der Waals surface area contributed by atoms with Gasteiger partial charge in [0.25, 0.3) is 11.8 Å². The van der Waals surface area contributed by atoms with Gasteiger partial charge in [0.1, 0.15) is 0 Å². The molecule has 2 aromatic carbocycles. The lowest BCUT2D eigenvalue weighted by atomic mass is 10.1. The lowest BCUT2D eigenvalue weighted by molar-refractivity contribution is -0.157. The van der Waals surface area contributed by atoms with Crippen molar-refractivity contribution >= 4 is 74.9 Å². The number of thioether (sulfide) groups is 1. The molecular formula is C34H40ClN5O9S. The number of hydroxylamine groups is 2. The molecule has 268 valence electrons. The van der Waals surface area contributed by atoms with Crippen molar-refractivity contribution in [2.45, 2.75) is 52.9 Å². The Morgan fingerprint density at radius 2 is 1.52 bits per heavy atom. The van der Waals surface area contributed by atoms with E-state index in [2.05, 4.69) is 16.0 Å². The van der Waals surface area contributed by atoms with Gasteiger partial charge in [-0.15, -0.1) is 0 Å². The van der Waals surface area contributed by atoms with Gasteiger partial charge in [-0.25, -0.2) is 0 Å². The largest absolute Gasteiger partial charge is 0.481 e. The highest BCUT2D eigenvalue weighted by molar-refractivity contribution is 8.14. The van der Waals surface area contributed by atoms with Crippen molar-refractivity contribution in [2.75, 3.05) is 31.9 Å². The smallest absolute Gasteiger partial charge is 0.307 e. The van der Waals surface area contributed by atoms with Crippen LogP contribution in [-0.4, -0.2) is 87.3 Å². The molecule has 0 saturated heterocycles. The summed E-state index contributed by atoms with van der Waals surface area (Å²) in [5, 5.41) is 18.6. The molecule has 50 heavy (non-hydrogen) atoms. The zero-order valence-corrected chi connectivity index (χ0v) is 29.6. The van der Waals surface area contributed by atoms with E-state index in [4.69, 9.17) is 16.4 Å². The molecule has 1 heterocycles. The lowest BCUT2D eigenvalue weighted by Gasteiger charge is -2.23. The van der Waals surface area contributed by atoms with Gasteiger partial charge in [-0.1, -0.05) is 49.5 Å². The molecule has 3 rings (SSSR count). The van der Waals surface area contributed by atoms with Gasteiger partial charge in [0, 0.05) is 28.6 Å². The van der Waals surface area contributed by atoms with Crippen LogP contribution in [0.1, 0.15) is 61.1 Å². The summed E-state index contributed by atoms with van der Waals surface area (Å²) >= 11 is 6.80. The fourth-order valence-corrected chi connectivity index (χ4v) is 5.43. The van der Waals surface area contributed by atoms with Gasteiger partial charge in [-0.2, -0.15) is 5.06 Å². The van der Waals surface area contributed by atoms with E-state index in [1.807, 2.05) is 6.92 Å². The molecule has 0 aliphatic carbocycles. The molecule has 0 fully saturated rings. The predicted molar refractivity (Wildman–Crippen MR) is 188 cm³/mol. The first-order valence-electron chi connectivity index (χ1n) is 15.9. The van der Waals surface area contributed by atoms with Crippen LogP contribution >= 0.6 is 23.4 Å². The molecule has 4 amide bonds. The van der Waals surface area contributed by atoms with Gasteiger partial charge < -0.3 is 25.9 Å². The van der Waals surface area contributed by atoms with Crippen LogP contribution in [0.25, 0.3) is 10.9 Å². The van der Waals surface area contributed by atoms with E-state index in [0.29, 0.717) is 39.2 Å². The van der Waals surface area contributed by atoms with E-state index in [1.165, 1.54) is 11.5 Å². The lowest BCUT2D eigenvalue weighted by Crippen LogP contribution is -2.46. The van der Waals surface area contributed by atoms with Crippen molar-refractivity contribution in [1.29, 1.82) is 0 Å². The SMILES string of the molecule is CCCCCCN(Oc1ccc2c(c1)c(CC(=O)O)c(C)n2C(=O)c1ccc(Cl)cc1)C(=O)CNC(=O)CNC(=O)CNC(=O)CSC(C)=O. The summed E-state index contributed by atoms with van der Waals surface area (Å²) in [6.07, 6.45) is 2.97. The number of hydrogen-bond donors (Lipinski definition) is 4.